The van der Waals surface area contributed by atoms with Crippen LogP contribution in [0.25, 0.3) is 10.2 Å². The fourth-order valence-electron chi connectivity index (χ4n) is 2.06. The minimum atomic E-state index is -0.758. The lowest BCUT2D eigenvalue weighted by Crippen LogP contribution is -2.33. The second-order valence-corrected chi connectivity index (χ2v) is 6.75. The second-order valence-electron chi connectivity index (χ2n) is 4.94. The molecule has 0 aliphatic rings. The van der Waals surface area contributed by atoms with E-state index < -0.39 is 23.4 Å². The van der Waals surface area contributed by atoms with Crippen LogP contribution in [-0.4, -0.2) is 16.7 Å². The van der Waals surface area contributed by atoms with E-state index in [1.807, 2.05) is 12.3 Å². The Kier molecular flexibility index (Phi) is 4.10. The number of fused-ring (bicyclic) bond motifs is 1. The van der Waals surface area contributed by atoms with Crippen molar-refractivity contribution in [2.45, 2.75) is 19.9 Å². The van der Waals surface area contributed by atoms with Crippen LogP contribution in [0.3, 0.4) is 0 Å². The molecule has 23 heavy (non-hydrogen) atoms. The Labute approximate surface area is 138 Å². The van der Waals surface area contributed by atoms with Gasteiger partial charge in [-0.15, -0.1) is 22.7 Å². The molecule has 0 radical (unpaired) electrons. The van der Waals surface area contributed by atoms with Crippen LogP contribution < -0.4 is 10.9 Å². The number of aromatic nitrogens is 1. The lowest BCUT2D eigenvalue weighted by molar-refractivity contribution is -0.117. The summed E-state index contributed by atoms with van der Waals surface area (Å²) in [6, 6.07) is 2.59. The zero-order chi connectivity index (χ0) is 16.6. The maximum absolute atomic E-state index is 12.0. The fourth-order valence-corrected chi connectivity index (χ4v) is 3.63. The van der Waals surface area contributed by atoms with Crippen LogP contribution >= 0.6 is 22.7 Å². The van der Waals surface area contributed by atoms with Crippen LogP contribution in [-0.2, 0) is 4.79 Å². The lowest BCUT2D eigenvalue weighted by Gasteiger charge is -2.10. The van der Waals surface area contributed by atoms with Crippen molar-refractivity contribution < 1.29 is 14.0 Å². The number of carbonyl (C=O) groups is 2. The van der Waals surface area contributed by atoms with Gasteiger partial charge in [-0.1, -0.05) is 6.07 Å². The van der Waals surface area contributed by atoms with Crippen molar-refractivity contribution in [2.75, 3.05) is 0 Å². The van der Waals surface area contributed by atoms with Gasteiger partial charge in [-0.2, -0.15) is 0 Å². The fraction of sp³-hybridized carbons (Fsp3) is 0.200. The number of amides is 1. The van der Waals surface area contributed by atoms with E-state index in [0.717, 1.165) is 5.56 Å². The number of ketones is 1. The van der Waals surface area contributed by atoms with Crippen LogP contribution in [0.5, 0.6) is 0 Å². The molecule has 0 saturated heterocycles. The molecule has 8 heteroatoms. The molecule has 0 aliphatic carbocycles. The smallest absolute Gasteiger partial charge is 0.348 e. The lowest BCUT2D eigenvalue weighted by atomic mass is 10.2. The molecule has 3 heterocycles. The average Bonchev–Trinajstić information content (AvgIpc) is 3.16. The molecule has 0 aliphatic heterocycles. The van der Waals surface area contributed by atoms with Gasteiger partial charge >= 0.3 is 5.63 Å². The van der Waals surface area contributed by atoms with Crippen LogP contribution in [0.1, 0.15) is 34.1 Å². The maximum atomic E-state index is 12.0. The zero-order valence-corrected chi connectivity index (χ0v) is 13.9. The van der Waals surface area contributed by atoms with E-state index in [2.05, 4.69) is 10.3 Å². The molecule has 0 bridgehead atoms. The number of hydrogen-bond donors (Lipinski definition) is 1. The minimum absolute atomic E-state index is 0.0803. The summed E-state index contributed by atoms with van der Waals surface area (Å²) < 4.78 is 5.18. The first kappa shape index (κ1) is 15.6. The van der Waals surface area contributed by atoms with Crippen molar-refractivity contribution in [3.8, 4) is 0 Å². The molecular weight excluding hydrogens is 336 g/mol. The van der Waals surface area contributed by atoms with E-state index in [1.165, 1.54) is 22.7 Å². The van der Waals surface area contributed by atoms with Crippen molar-refractivity contribution in [1.29, 1.82) is 0 Å². The van der Waals surface area contributed by atoms with Crippen molar-refractivity contribution in [3.05, 3.63) is 49.6 Å². The van der Waals surface area contributed by atoms with Crippen molar-refractivity contribution >= 4 is 44.6 Å². The molecule has 1 N–H and O–H groups in total. The summed E-state index contributed by atoms with van der Waals surface area (Å²) in [5.74, 6) is -1.30. The third kappa shape index (κ3) is 2.95. The summed E-state index contributed by atoms with van der Waals surface area (Å²) in [4.78, 5) is 41.1. The predicted octanol–water partition coefficient (Wildman–Crippen LogP) is 2.68. The zero-order valence-electron chi connectivity index (χ0n) is 12.3. The van der Waals surface area contributed by atoms with Gasteiger partial charge in [-0.25, -0.2) is 9.78 Å². The number of nitrogens with one attached hydrogen (secondary N) is 1. The van der Waals surface area contributed by atoms with E-state index in [4.69, 9.17) is 4.42 Å². The number of Topliss-reactive ketones (excluding diaryl/α,β-unsaturated/α-hetero) is 1. The Morgan fingerprint density at radius 2 is 2.13 bits per heavy atom. The van der Waals surface area contributed by atoms with Gasteiger partial charge in [0, 0.05) is 0 Å². The number of hydrogen-bond acceptors (Lipinski definition) is 7. The van der Waals surface area contributed by atoms with Crippen LogP contribution in [0, 0.1) is 6.92 Å². The molecule has 0 fully saturated rings. The molecule has 1 amide bonds. The van der Waals surface area contributed by atoms with Crippen LogP contribution in [0.2, 0.25) is 0 Å². The summed E-state index contributed by atoms with van der Waals surface area (Å²) in [5, 5.41) is 6.50. The van der Waals surface area contributed by atoms with Gasteiger partial charge in [0.25, 0.3) is 11.7 Å². The molecular formula is C15H12N2O4S2. The standard InChI is InChI=1S/C15H12N2O4S2/c1-7-6-23-14-10(7)15(20)21-13(17-14)8(2)16-12(19)11(18)9-4-3-5-22-9/h3-6,8H,1-2H3,(H,16,19)/t8-/m0/s1. The van der Waals surface area contributed by atoms with Crippen LogP contribution in [0.15, 0.2) is 32.1 Å². The number of carbonyl (C=O) groups excluding carboxylic acids is 2. The van der Waals surface area contributed by atoms with E-state index >= 15 is 0 Å². The third-order valence-electron chi connectivity index (χ3n) is 3.24. The summed E-state index contributed by atoms with van der Waals surface area (Å²) in [7, 11) is 0. The van der Waals surface area contributed by atoms with Crippen LogP contribution in [0.4, 0.5) is 0 Å². The molecule has 0 spiro atoms. The molecule has 1 atom stereocenters. The van der Waals surface area contributed by atoms with Crippen molar-refractivity contribution in [2.24, 2.45) is 0 Å². The molecule has 3 aromatic heterocycles. The van der Waals surface area contributed by atoms with E-state index in [1.54, 1.807) is 24.4 Å². The quantitative estimate of drug-likeness (QED) is 0.578. The van der Waals surface area contributed by atoms with Crippen molar-refractivity contribution in [3.63, 3.8) is 0 Å². The highest BCUT2D eigenvalue weighted by atomic mass is 32.1. The van der Waals surface area contributed by atoms with Gasteiger partial charge in [0.2, 0.25) is 5.89 Å². The Morgan fingerprint density at radius 1 is 1.35 bits per heavy atom. The highest BCUT2D eigenvalue weighted by Crippen LogP contribution is 2.22. The van der Waals surface area contributed by atoms with Gasteiger partial charge in [-0.05, 0) is 36.2 Å². The molecule has 3 rings (SSSR count). The average molecular weight is 348 g/mol. The summed E-state index contributed by atoms with van der Waals surface area (Å²) in [5.41, 5.74) is 0.316. The summed E-state index contributed by atoms with van der Waals surface area (Å²) in [6.07, 6.45) is 0. The third-order valence-corrected chi connectivity index (χ3v) is 5.10. The summed E-state index contributed by atoms with van der Waals surface area (Å²) in [6.45, 7) is 3.42. The Bertz CT molecular complexity index is 940. The van der Waals surface area contributed by atoms with Crippen molar-refractivity contribution in [1.82, 2.24) is 10.3 Å². The highest BCUT2D eigenvalue weighted by Gasteiger charge is 2.22. The number of rotatable bonds is 4. The van der Waals surface area contributed by atoms with E-state index in [-0.39, 0.29) is 5.89 Å². The van der Waals surface area contributed by atoms with Gasteiger partial charge < -0.3 is 9.73 Å². The molecule has 0 unspecified atom stereocenters. The first-order valence-corrected chi connectivity index (χ1v) is 8.51. The van der Waals surface area contributed by atoms with Gasteiger partial charge in [0.1, 0.15) is 10.9 Å². The molecule has 0 saturated carbocycles. The first-order chi connectivity index (χ1) is 11.0. The largest absolute Gasteiger partial charge is 0.406 e. The topological polar surface area (TPSA) is 89.3 Å². The SMILES string of the molecule is Cc1csc2nc([C@H](C)NC(=O)C(=O)c3cccs3)oc(=O)c12. The highest BCUT2D eigenvalue weighted by molar-refractivity contribution is 7.16. The molecule has 0 aromatic carbocycles. The monoisotopic (exact) mass is 348 g/mol. The second kappa shape index (κ2) is 6.05. The Morgan fingerprint density at radius 3 is 2.83 bits per heavy atom. The van der Waals surface area contributed by atoms with Gasteiger partial charge in [-0.3, -0.25) is 9.59 Å². The number of nitrogens with zero attached hydrogens (tertiary/aromatic N) is 1. The predicted molar refractivity (Wildman–Crippen MR) is 88.1 cm³/mol. The van der Waals surface area contributed by atoms with E-state index in [9.17, 15) is 14.4 Å². The van der Waals surface area contributed by atoms with Gasteiger partial charge in [0.05, 0.1) is 10.3 Å². The van der Waals surface area contributed by atoms with E-state index in [0.29, 0.717) is 15.1 Å². The number of thiophene rings is 2. The maximum Gasteiger partial charge on any atom is 0.348 e. The summed E-state index contributed by atoms with van der Waals surface area (Å²) >= 11 is 2.53. The number of aryl methyl sites for hydroxylation is 1. The Hall–Kier alpha value is -2.32. The molecule has 6 nitrogen and oxygen atoms in total. The minimum Gasteiger partial charge on any atom is -0.406 e. The Balaban J connectivity index is 1.83. The molecule has 3 aromatic rings. The normalized spacial score (nSPS) is 12.3. The van der Waals surface area contributed by atoms with Gasteiger partial charge in [0.15, 0.2) is 0 Å². The molecule has 118 valence electrons. The first-order valence-electron chi connectivity index (χ1n) is 6.75.